The Bertz CT molecular complexity index is 347. The van der Waals surface area contributed by atoms with Gasteiger partial charge in [0.15, 0.2) is 0 Å². The van der Waals surface area contributed by atoms with E-state index in [1.807, 2.05) is 24.3 Å². The highest BCUT2D eigenvalue weighted by atomic mass is 16.3. The lowest BCUT2D eigenvalue weighted by Gasteiger charge is -2.20. The Morgan fingerprint density at radius 3 is 2.13 bits per heavy atom. The van der Waals surface area contributed by atoms with Crippen LogP contribution in [-0.4, -0.2) is 13.1 Å². The molecule has 1 aromatic rings. The van der Waals surface area contributed by atoms with Gasteiger partial charge in [0.25, 0.3) is 0 Å². The minimum Gasteiger partial charge on any atom is -0.846 e. The van der Waals surface area contributed by atoms with Crippen LogP contribution in [0.1, 0.15) is 26.3 Å². The maximum absolute atomic E-state index is 11.0. The first-order valence-electron chi connectivity index (χ1n) is 4.95. The Hall–Kier alpha value is -1.51. The van der Waals surface area contributed by atoms with Crippen LogP contribution in [-0.2, 0) is 5.41 Å². The summed E-state index contributed by atoms with van der Waals surface area (Å²) < 4.78 is 0. The maximum atomic E-state index is 11.0. The summed E-state index contributed by atoms with van der Waals surface area (Å²) in [4.78, 5) is 3.50. The minimum absolute atomic E-state index is 0.137. The van der Waals surface area contributed by atoms with Crippen LogP contribution in [0.2, 0.25) is 0 Å². The quantitative estimate of drug-likeness (QED) is 0.560. The van der Waals surface area contributed by atoms with Gasteiger partial charge in [0.2, 0.25) is 0 Å². The zero-order valence-electron chi connectivity index (χ0n) is 9.66. The standard InChI is InChI=1S/C12H18N2O/c1-12(2,3)9-5-7-10(8-6-9)14-11(15)13-4/h5-8H,1-4H3,(H2,13,14,15)/p-1. The summed E-state index contributed by atoms with van der Waals surface area (Å²) in [5.74, 6) is 0. The van der Waals surface area contributed by atoms with E-state index in [4.69, 9.17) is 0 Å². The number of rotatable bonds is 1. The van der Waals surface area contributed by atoms with Crippen molar-refractivity contribution in [3.8, 4) is 0 Å². The van der Waals surface area contributed by atoms with E-state index < -0.39 is 0 Å². The second-order valence-corrected chi connectivity index (χ2v) is 4.48. The van der Waals surface area contributed by atoms with Gasteiger partial charge in [-0.2, -0.15) is 0 Å². The largest absolute Gasteiger partial charge is 0.846 e. The van der Waals surface area contributed by atoms with Crippen molar-refractivity contribution in [2.75, 3.05) is 12.4 Å². The summed E-state index contributed by atoms with van der Waals surface area (Å²) in [7, 11) is 1.47. The number of hydrogen-bond donors (Lipinski definition) is 1. The molecule has 0 saturated heterocycles. The molecule has 0 aliphatic carbocycles. The number of nitrogens with one attached hydrogen (secondary N) is 1. The lowest BCUT2D eigenvalue weighted by molar-refractivity contribution is -0.214. The third-order valence-electron chi connectivity index (χ3n) is 2.21. The molecule has 1 aromatic carbocycles. The van der Waals surface area contributed by atoms with E-state index in [0.29, 0.717) is 0 Å². The average Bonchev–Trinajstić information content (AvgIpc) is 2.17. The molecule has 0 saturated carbocycles. The molecule has 0 fully saturated rings. The zero-order chi connectivity index (χ0) is 11.5. The van der Waals surface area contributed by atoms with Crippen molar-refractivity contribution in [2.45, 2.75) is 26.2 Å². The van der Waals surface area contributed by atoms with Crippen LogP contribution >= 0.6 is 0 Å². The van der Waals surface area contributed by atoms with Gasteiger partial charge in [-0.05, 0) is 23.1 Å². The van der Waals surface area contributed by atoms with Crippen LogP contribution in [0.15, 0.2) is 29.3 Å². The van der Waals surface area contributed by atoms with E-state index in [1.165, 1.54) is 12.6 Å². The van der Waals surface area contributed by atoms with E-state index in [2.05, 4.69) is 31.1 Å². The first kappa shape index (κ1) is 11.6. The summed E-state index contributed by atoms with van der Waals surface area (Å²) in [5.41, 5.74) is 2.16. The Balaban J connectivity index is 2.82. The van der Waals surface area contributed by atoms with Gasteiger partial charge in [-0.3, -0.25) is 4.99 Å². The van der Waals surface area contributed by atoms with Crippen molar-refractivity contribution >= 4 is 11.7 Å². The molecule has 0 radical (unpaired) electrons. The number of nitrogens with zero attached hydrogens (tertiary/aromatic N) is 1. The normalized spacial score (nSPS) is 12.7. The highest BCUT2D eigenvalue weighted by Crippen LogP contribution is 2.23. The van der Waals surface area contributed by atoms with Crippen molar-refractivity contribution in [3.05, 3.63) is 29.8 Å². The van der Waals surface area contributed by atoms with Gasteiger partial charge in [-0.15, -0.1) is 0 Å². The fourth-order valence-corrected chi connectivity index (χ4v) is 1.23. The molecule has 0 unspecified atom stereocenters. The predicted molar refractivity (Wildman–Crippen MR) is 62.1 cm³/mol. The van der Waals surface area contributed by atoms with Crippen LogP contribution in [0.3, 0.4) is 0 Å². The van der Waals surface area contributed by atoms with E-state index in [-0.39, 0.29) is 11.4 Å². The molecular formula is C12H17N2O-. The summed E-state index contributed by atoms with van der Waals surface area (Å²) in [6.45, 7) is 6.46. The number of anilines is 1. The Labute approximate surface area is 90.9 Å². The Kier molecular flexibility index (Phi) is 3.35. The average molecular weight is 205 g/mol. The molecule has 1 N–H and O–H groups in total. The molecule has 0 amide bonds. The van der Waals surface area contributed by atoms with Crippen molar-refractivity contribution in [2.24, 2.45) is 4.99 Å². The molecule has 3 nitrogen and oxygen atoms in total. The van der Waals surface area contributed by atoms with Crippen LogP contribution in [0.5, 0.6) is 0 Å². The molecular weight excluding hydrogens is 188 g/mol. The van der Waals surface area contributed by atoms with E-state index >= 15 is 0 Å². The zero-order valence-corrected chi connectivity index (χ0v) is 9.66. The van der Waals surface area contributed by atoms with Crippen molar-refractivity contribution in [1.82, 2.24) is 0 Å². The van der Waals surface area contributed by atoms with Crippen LogP contribution in [0.4, 0.5) is 5.69 Å². The smallest absolute Gasteiger partial charge is 0.0513 e. The van der Waals surface area contributed by atoms with Gasteiger partial charge >= 0.3 is 0 Å². The maximum Gasteiger partial charge on any atom is 0.0513 e. The molecule has 15 heavy (non-hydrogen) atoms. The minimum atomic E-state index is -0.321. The molecule has 0 heterocycles. The van der Waals surface area contributed by atoms with Gasteiger partial charge in [0, 0.05) is 12.7 Å². The predicted octanol–water partition coefficient (Wildman–Crippen LogP) is 1.74. The lowest BCUT2D eigenvalue weighted by Crippen LogP contribution is -2.26. The molecule has 0 aliphatic heterocycles. The SMILES string of the molecule is CN=C([O-])Nc1ccc(C(C)(C)C)cc1. The van der Waals surface area contributed by atoms with Gasteiger partial charge < -0.3 is 10.4 Å². The third-order valence-corrected chi connectivity index (χ3v) is 2.21. The summed E-state index contributed by atoms with van der Waals surface area (Å²) in [6.07, 6.45) is 0. The van der Waals surface area contributed by atoms with E-state index in [1.54, 1.807) is 0 Å². The van der Waals surface area contributed by atoms with E-state index in [9.17, 15) is 5.11 Å². The van der Waals surface area contributed by atoms with Crippen molar-refractivity contribution < 1.29 is 5.11 Å². The van der Waals surface area contributed by atoms with E-state index in [0.717, 1.165) is 5.69 Å². The summed E-state index contributed by atoms with van der Waals surface area (Å²) in [5, 5.41) is 13.6. The monoisotopic (exact) mass is 205 g/mol. The third kappa shape index (κ3) is 3.27. The number of amidine groups is 1. The summed E-state index contributed by atoms with van der Waals surface area (Å²) >= 11 is 0. The van der Waals surface area contributed by atoms with Gasteiger partial charge in [0.1, 0.15) is 0 Å². The highest BCUT2D eigenvalue weighted by molar-refractivity contribution is 5.85. The lowest BCUT2D eigenvalue weighted by atomic mass is 9.87. The highest BCUT2D eigenvalue weighted by Gasteiger charge is 2.12. The van der Waals surface area contributed by atoms with Gasteiger partial charge in [-0.1, -0.05) is 32.9 Å². The number of aliphatic imine (C=N–C) groups is 1. The topological polar surface area (TPSA) is 47.5 Å². The first-order chi connectivity index (χ1) is 6.93. The molecule has 82 valence electrons. The second kappa shape index (κ2) is 4.34. The summed E-state index contributed by atoms with van der Waals surface area (Å²) in [6, 6.07) is 7.50. The fourth-order valence-electron chi connectivity index (χ4n) is 1.23. The van der Waals surface area contributed by atoms with Crippen LogP contribution in [0.25, 0.3) is 0 Å². The van der Waals surface area contributed by atoms with Crippen molar-refractivity contribution in [1.29, 1.82) is 0 Å². The van der Waals surface area contributed by atoms with Gasteiger partial charge in [-0.25, -0.2) is 0 Å². The Morgan fingerprint density at radius 2 is 1.73 bits per heavy atom. The first-order valence-corrected chi connectivity index (χ1v) is 4.95. The van der Waals surface area contributed by atoms with Gasteiger partial charge in [0.05, 0.1) is 6.02 Å². The number of benzene rings is 1. The second-order valence-electron chi connectivity index (χ2n) is 4.48. The molecule has 3 heteroatoms. The molecule has 0 atom stereocenters. The molecule has 1 rings (SSSR count). The fraction of sp³-hybridized carbons (Fsp3) is 0.417. The molecule has 0 aromatic heterocycles. The van der Waals surface area contributed by atoms with Crippen LogP contribution in [0, 0.1) is 0 Å². The van der Waals surface area contributed by atoms with Crippen molar-refractivity contribution in [3.63, 3.8) is 0 Å². The molecule has 0 spiro atoms. The Morgan fingerprint density at radius 1 is 1.20 bits per heavy atom. The molecule has 0 aliphatic rings. The van der Waals surface area contributed by atoms with Crippen LogP contribution < -0.4 is 10.4 Å². The number of hydrogen-bond acceptors (Lipinski definition) is 2. The molecule has 0 bridgehead atoms.